The molecule has 2 atom stereocenters. The maximum Gasteiger partial charge on any atom is 0.307 e. The van der Waals surface area contributed by atoms with E-state index in [1.807, 2.05) is 6.92 Å². The number of hydrogen-bond donors (Lipinski definition) is 1. The summed E-state index contributed by atoms with van der Waals surface area (Å²) in [5, 5.41) is 9.12. The predicted molar refractivity (Wildman–Crippen MR) is 82.4 cm³/mol. The van der Waals surface area contributed by atoms with E-state index in [1.54, 1.807) is 0 Å². The van der Waals surface area contributed by atoms with Crippen LogP contribution >= 0.6 is 0 Å². The van der Waals surface area contributed by atoms with Crippen LogP contribution in [-0.4, -0.2) is 41.8 Å². The van der Waals surface area contributed by atoms with Gasteiger partial charge in [-0.15, -0.1) is 0 Å². The van der Waals surface area contributed by atoms with E-state index in [-0.39, 0.29) is 12.0 Å². The number of fused-ring (bicyclic) bond motifs is 1. The normalized spacial score (nSPS) is 24.1. The van der Waals surface area contributed by atoms with Crippen LogP contribution in [0.3, 0.4) is 0 Å². The van der Waals surface area contributed by atoms with E-state index >= 15 is 0 Å². The standard InChI is InChI=1S/C17H23NO4/c1-3-21-15-7-13-6-11(2)22-16(13)8-14(15)10-18-5-4-12(9-18)17(19)20/h7-8,11-12H,3-6,9-10H2,1-2H3,(H,19,20)/t11-,12-/m1/s1. The topological polar surface area (TPSA) is 59.0 Å². The third-order valence-electron chi connectivity index (χ3n) is 4.39. The Bertz CT molecular complexity index is 572. The summed E-state index contributed by atoms with van der Waals surface area (Å²) in [6.07, 6.45) is 1.85. The molecule has 2 aliphatic rings. The molecule has 1 N–H and O–H groups in total. The molecule has 0 aliphatic carbocycles. The van der Waals surface area contributed by atoms with Crippen molar-refractivity contribution in [1.82, 2.24) is 4.90 Å². The largest absolute Gasteiger partial charge is 0.494 e. The molecule has 1 fully saturated rings. The lowest BCUT2D eigenvalue weighted by atomic mass is 10.1. The molecule has 3 rings (SSSR count). The van der Waals surface area contributed by atoms with Gasteiger partial charge in [0, 0.05) is 30.6 Å². The van der Waals surface area contributed by atoms with Crippen molar-refractivity contribution in [2.75, 3.05) is 19.7 Å². The van der Waals surface area contributed by atoms with Crippen molar-refractivity contribution in [3.63, 3.8) is 0 Å². The second kappa shape index (κ2) is 6.16. The van der Waals surface area contributed by atoms with Crippen molar-refractivity contribution in [2.45, 2.75) is 39.3 Å². The summed E-state index contributed by atoms with van der Waals surface area (Å²) in [4.78, 5) is 13.3. The fourth-order valence-electron chi connectivity index (χ4n) is 3.31. The highest BCUT2D eigenvalue weighted by Gasteiger charge is 2.29. The van der Waals surface area contributed by atoms with Gasteiger partial charge >= 0.3 is 5.97 Å². The van der Waals surface area contributed by atoms with Crippen molar-refractivity contribution in [3.8, 4) is 11.5 Å². The van der Waals surface area contributed by atoms with E-state index in [1.165, 1.54) is 5.56 Å². The molecular formula is C17H23NO4. The van der Waals surface area contributed by atoms with Crippen LogP contribution in [0.5, 0.6) is 11.5 Å². The molecule has 1 saturated heterocycles. The number of rotatable bonds is 5. The number of hydrogen-bond acceptors (Lipinski definition) is 4. The molecule has 0 radical (unpaired) electrons. The SMILES string of the molecule is CCOc1cc2c(cc1CN1CC[C@@H](C(=O)O)C1)O[C@H](C)C2. The number of aliphatic carboxylic acids is 1. The highest BCUT2D eigenvalue weighted by atomic mass is 16.5. The van der Waals surface area contributed by atoms with E-state index in [4.69, 9.17) is 14.6 Å². The molecule has 2 heterocycles. The van der Waals surface area contributed by atoms with Gasteiger partial charge in [-0.2, -0.15) is 0 Å². The lowest BCUT2D eigenvalue weighted by molar-refractivity contribution is -0.141. The predicted octanol–water partition coefficient (Wildman–Crippen LogP) is 2.32. The Balaban J connectivity index is 1.78. The second-order valence-electron chi connectivity index (χ2n) is 6.19. The fraction of sp³-hybridized carbons (Fsp3) is 0.588. The van der Waals surface area contributed by atoms with Crippen molar-refractivity contribution >= 4 is 5.97 Å². The molecular weight excluding hydrogens is 282 g/mol. The van der Waals surface area contributed by atoms with Gasteiger partial charge in [-0.25, -0.2) is 0 Å². The zero-order valence-corrected chi connectivity index (χ0v) is 13.2. The smallest absolute Gasteiger partial charge is 0.307 e. The van der Waals surface area contributed by atoms with Gasteiger partial charge in [0.15, 0.2) is 0 Å². The van der Waals surface area contributed by atoms with E-state index < -0.39 is 5.97 Å². The van der Waals surface area contributed by atoms with E-state index in [0.717, 1.165) is 36.4 Å². The molecule has 120 valence electrons. The Morgan fingerprint density at radius 3 is 3.00 bits per heavy atom. The van der Waals surface area contributed by atoms with Crippen molar-refractivity contribution in [1.29, 1.82) is 0 Å². The summed E-state index contributed by atoms with van der Waals surface area (Å²) in [7, 11) is 0. The van der Waals surface area contributed by atoms with Crippen molar-refractivity contribution in [2.24, 2.45) is 5.92 Å². The molecule has 1 aromatic carbocycles. The maximum atomic E-state index is 11.1. The highest BCUT2D eigenvalue weighted by Crippen LogP contribution is 2.36. The number of benzene rings is 1. The molecule has 0 spiro atoms. The quantitative estimate of drug-likeness (QED) is 0.904. The number of ether oxygens (including phenoxy) is 2. The summed E-state index contributed by atoms with van der Waals surface area (Å²) < 4.78 is 11.6. The molecule has 22 heavy (non-hydrogen) atoms. The number of likely N-dealkylation sites (tertiary alicyclic amines) is 1. The van der Waals surface area contributed by atoms with E-state index in [2.05, 4.69) is 24.0 Å². The molecule has 0 unspecified atom stereocenters. The lowest BCUT2D eigenvalue weighted by Crippen LogP contribution is -2.23. The first-order valence-electron chi connectivity index (χ1n) is 7.97. The molecule has 0 aromatic heterocycles. The second-order valence-corrected chi connectivity index (χ2v) is 6.19. The Labute approximate surface area is 130 Å². The summed E-state index contributed by atoms with van der Waals surface area (Å²) in [5.74, 6) is 0.901. The first-order chi connectivity index (χ1) is 10.6. The Hall–Kier alpha value is -1.75. The van der Waals surface area contributed by atoms with Crippen LogP contribution in [0, 0.1) is 5.92 Å². The number of carboxylic acid groups (broad SMARTS) is 1. The third kappa shape index (κ3) is 3.04. The van der Waals surface area contributed by atoms with Gasteiger partial charge < -0.3 is 14.6 Å². The Kier molecular flexibility index (Phi) is 4.25. The zero-order chi connectivity index (χ0) is 15.7. The average molecular weight is 305 g/mol. The van der Waals surface area contributed by atoms with Crippen molar-refractivity contribution < 1.29 is 19.4 Å². The Morgan fingerprint density at radius 2 is 2.32 bits per heavy atom. The average Bonchev–Trinajstić information content (AvgIpc) is 3.05. The molecule has 0 saturated carbocycles. The zero-order valence-electron chi connectivity index (χ0n) is 13.2. The molecule has 1 aromatic rings. The third-order valence-corrected chi connectivity index (χ3v) is 4.39. The minimum Gasteiger partial charge on any atom is -0.494 e. The van der Waals surface area contributed by atoms with Crippen LogP contribution in [0.1, 0.15) is 31.4 Å². The Morgan fingerprint density at radius 1 is 1.50 bits per heavy atom. The lowest BCUT2D eigenvalue weighted by Gasteiger charge is -2.19. The number of carbonyl (C=O) groups is 1. The first kappa shape index (κ1) is 15.2. The van der Waals surface area contributed by atoms with Crippen LogP contribution in [-0.2, 0) is 17.8 Å². The minimum absolute atomic E-state index is 0.211. The van der Waals surface area contributed by atoms with Gasteiger partial charge in [0.25, 0.3) is 0 Å². The van der Waals surface area contributed by atoms with Gasteiger partial charge in [-0.3, -0.25) is 9.69 Å². The fourth-order valence-corrected chi connectivity index (χ4v) is 3.31. The van der Waals surface area contributed by atoms with Gasteiger partial charge in [0.2, 0.25) is 0 Å². The molecule has 0 bridgehead atoms. The van der Waals surface area contributed by atoms with Crippen LogP contribution in [0.25, 0.3) is 0 Å². The molecule has 5 nitrogen and oxygen atoms in total. The number of carboxylic acids is 1. The summed E-state index contributed by atoms with van der Waals surface area (Å²) in [5.41, 5.74) is 2.28. The molecule has 5 heteroatoms. The van der Waals surface area contributed by atoms with Crippen LogP contribution in [0.15, 0.2) is 12.1 Å². The summed E-state index contributed by atoms with van der Waals surface area (Å²) >= 11 is 0. The van der Waals surface area contributed by atoms with Crippen LogP contribution < -0.4 is 9.47 Å². The summed E-state index contributed by atoms with van der Waals surface area (Å²) in [6.45, 7) is 6.81. The van der Waals surface area contributed by atoms with E-state index in [0.29, 0.717) is 19.7 Å². The first-order valence-corrected chi connectivity index (χ1v) is 7.97. The van der Waals surface area contributed by atoms with Crippen molar-refractivity contribution in [3.05, 3.63) is 23.3 Å². The highest BCUT2D eigenvalue weighted by molar-refractivity contribution is 5.70. The number of nitrogens with zero attached hydrogens (tertiary/aromatic N) is 1. The van der Waals surface area contributed by atoms with Gasteiger partial charge in [-0.05, 0) is 38.9 Å². The monoisotopic (exact) mass is 305 g/mol. The summed E-state index contributed by atoms with van der Waals surface area (Å²) in [6, 6.07) is 4.15. The van der Waals surface area contributed by atoms with Gasteiger partial charge in [-0.1, -0.05) is 0 Å². The van der Waals surface area contributed by atoms with E-state index in [9.17, 15) is 4.79 Å². The maximum absolute atomic E-state index is 11.1. The van der Waals surface area contributed by atoms with Gasteiger partial charge in [0.1, 0.15) is 17.6 Å². The van der Waals surface area contributed by atoms with Crippen LogP contribution in [0.2, 0.25) is 0 Å². The molecule has 0 amide bonds. The minimum atomic E-state index is -0.696. The molecule has 2 aliphatic heterocycles. The van der Waals surface area contributed by atoms with Crippen LogP contribution in [0.4, 0.5) is 0 Å². The van der Waals surface area contributed by atoms with Gasteiger partial charge in [0.05, 0.1) is 12.5 Å².